The smallest absolute Gasteiger partial charge is 0.321 e. The van der Waals surface area contributed by atoms with Gasteiger partial charge in [0.05, 0.1) is 23.3 Å². The number of H-pyrrole nitrogens is 1. The molecule has 2 aliphatic heterocycles. The van der Waals surface area contributed by atoms with Gasteiger partial charge in [-0.2, -0.15) is 0 Å². The standard InChI is InChI=1S/C43H49ClN6O8S/c1-43(2)11-7-30(37(24-43)31-19-32(44)20-31)26-48-13-15-49(16-14-48)33-3-5-36(40(22-33)58-34-21-29-8-12-45-41(29)46-25-34)42(51)47-59(54,55)35-4-6-39(38(23-35)50(52)53)57-27-28-9-17-56-18-10-28/h3,5,8,12,21-23,25,28,31-32H,7,9-11,13-20,24,26-27H2,1-2H3,(H,45,46)(H,47,51). The molecule has 0 unspecified atom stereocenters. The zero-order chi connectivity index (χ0) is 41.3. The van der Waals surface area contributed by atoms with Gasteiger partial charge in [0.1, 0.15) is 22.1 Å². The maximum Gasteiger partial charge on any atom is 0.321 e. The summed E-state index contributed by atoms with van der Waals surface area (Å²) in [5.74, 6) is -0.0222. The highest BCUT2D eigenvalue weighted by molar-refractivity contribution is 7.94. The van der Waals surface area contributed by atoms with Crippen molar-refractivity contribution in [3.63, 3.8) is 0 Å². The molecule has 8 rings (SSSR count). The molecule has 0 bridgehead atoms. The fourth-order valence-electron chi connectivity index (χ4n) is 8.49. The molecule has 2 aromatic heterocycles. The first-order chi connectivity index (χ1) is 28.3. The van der Waals surface area contributed by atoms with Gasteiger partial charge in [0.2, 0.25) is 5.76 Å². The highest BCUT2D eigenvalue weighted by Gasteiger charge is 2.37. The average molecular weight is 845 g/mol. The highest BCUT2D eigenvalue weighted by atomic mass is 35.5. The van der Waals surface area contributed by atoms with Crippen LogP contribution in [-0.2, 0) is 19.5 Å². The van der Waals surface area contributed by atoms with Crippen LogP contribution in [0.4, 0.5) is 5.69 Å². The molecule has 4 heterocycles. The number of nitrogens with one attached hydrogen (secondary N) is 2. The molecule has 312 valence electrons. The number of carbonyl (C=O) groups is 1. The topological polar surface area (TPSA) is 169 Å². The first-order valence-electron chi connectivity index (χ1n) is 20.3. The lowest BCUT2D eigenvalue weighted by molar-refractivity contribution is -0.424. The molecular formula is C43H49ClN6O8S. The molecule has 16 heteroatoms. The van der Waals surface area contributed by atoms with Gasteiger partial charge in [-0.15, -0.1) is 11.6 Å². The number of ether oxygens (including phenoxy) is 3. The van der Waals surface area contributed by atoms with Crippen LogP contribution < -0.4 is 14.4 Å². The van der Waals surface area contributed by atoms with Crippen LogP contribution in [0.2, 0.25) is 0 Å². The number of sulfonamides is 1. The zero-order valence-corrected chi connectivity index (χ0v) is 34.9. The van der Waals surface area contributed by atoms with Gasteiger partial charge in [-0.1, -0.05) is 25.0 Å². The van der Waals surface area contributed by atoms with Gasteiger partial charge < -0.3 is 24.1 Å². The number of anilines is 1. The number of benzene rings is 1. The third kappa shape index (κ3) is 9.46. The molecule has 0 spiro atoms. The third-order valence-corrected chi connectivity index (χ3v) is 13.7. The van der Waals surface area contributed by atoms with Crippen LogP contribution in [0.15, 0.2) is 87.8 Å². The third-order valence-electron chi connectivity index (χ3n) is 12.1. The number of amides is 1. The van der Waals surface area contributed by atoms with Crippen LogP contribution in [0.3, 0.4) is 0 Å². The molecule has 1 aromatic carbocycles. The van der Waals surface area contributed by atoms with Gasteiger partial charge >= 0.3 is 5.70 Å². The summed E-state index contributed by atoms with van der Waals surface area (Å²) in [5, 5.41) is 13.1. The molecule has 3 aliphatic carbocycles. The van der Waals surface area contributed by atoms with Crippen molar-refractivity contribution in [3.8, 4) is 11.5 Å². The molecule has 2 N–H and O–H groups in total. The van der Waals surface area contributed by atoms with E-state index < -0.39 is 31.5 Å². The van der Waals surface area contributed by atoms with E-state index in [9.17, 15) is 23.3 Å². The van der Waals surface area contributed by atoms with Crippen LogP contribution >= 0.6 is 11.6 Å². The molecule has 5 aliphatic rings. The number of pyridine rings is 1. The molecule has 14 nitrogen and oxygen atoms in total. The number of allylic oxidation sites excluding steroid dienone is 2. The van der Waals surface area contributed by atoms with E-state index in [4.69, 9.17) is 25.8 Å². The van der Waals surface area contributed by atoms with Gasteiger partial charge in [-0.25, -0.2) is 18.1 Å². The second kappa shape index (κ2) is 17.0. The maximum absolute atomic E-state index is 13.8. The van der Waals surface area contributed by atoms with Crippen molar-refractivity contribution >= 4 is 44.3 Å². The number of alkyl halides is 1. The zero-order valence-electron chi connectivity index (χ0n) is 33.3. The minimum Gasteiger partial charge on any atom is -0.480 e. The number of fused-ring (bicyclic) bond motifs is 1. The summed E-state index contributed by atoms with van der Waals surface area (Å²) in [7, 11) is -4.65. The SMILES string of the molecule is CC1(C)CCC(CN2CCN(c3ccc(C(=O)NS(=O)(=O)C4=C=C=C(OCC5CCOCC5)C([N+](=O)[O-])=C4)c(Oc4cnc5[nH]ccc5c4)c3)CC2)=C(C2CC(Cl)C2)C1. The minimum absolute atomic E-state index is 0.0603. The fourth-order valence-corrected chi connectivity index (χ4v) is 9.83. The Morgan fingerprint density at radius 2 is 1.92 bits per heavy atom. The van der Waals surface area contributed by atoms with Crippen molar-refractivity contribution < 1.29 is 32.3 Å². The molecular weight excluding hydrogens is 796 g/mol. The van der Waals surface area contributed by atoms with E-state index in [1.165, 1.54) is 18.7 Å². The van der Waals surface area contributed by atoms with Gasteiger partial charge in [0.25, 0.3) is 15.9 Å². The van der Waals surface area contributed by atoms with E-state index in [0.717, 1.165) is 88.4 Å². The lowest BCUT2D eigenvalue weighted by Crippen LogP contribution is -2.47. The number of nitro groups is 1. The van der Waals surface area contributed by atoms with Crippen LogP contribution in [0.1, 0.15) is 69.2 Å². The predicted molar refractivity (Wildman–Crippen MR) is 223 cm³/mol. The Balaban J connectivity index is 1.00. The summed E-state index contributed by atoms with van der Waals surface area (Å²) in [5.41, 5.74) is 9.27. The summed E-state index contributed by atoms with van der Waals surface area (Å²) in [6, 6.07) is 8.64. The number of aromatic nitrogens is 2. The molecule has 3 fully saturated rings. The lowest BCUT2D eigenvalue weighted by Gasteiger charge is -2.43. The van der Waals surface area contributed by atoms with Gasteiger partial charge in [0, 0.05) is 80.7 Å². The van der Waals surface area contributed by atoms with Crippen molar-refractivity contribution in [1.82, 2.24) is 19.6 Å². The number of halogens is 1. The van der Waals surface area contributed by atoms with E-state index in [2.05, 4.69) is 49.8 Å². The number of rotatable bonds is 13. The maximum atomic E-state index is 13.8. The van der Waals surface area contributed by atoms with Crippen molar-refractivity contribution in [2.75, 3.05) is 57.4 Å². The largest absolute Gasteiger partial charge is 0.480 e. The Hall–Kier alpha value is -4.88. The molecule has 1 saturated carbocycles. The number of hydrogen-bond acceptors (Lipinski definition) is 11. The Bertz CT molecular complexity index is 2410. The van der Waals surface area contributed by atoms with E-state index in [1.54, 1.807) is 35.5 Å². The summed E-state index contributed by atoms with van der Waals surface area (Å²) in [6.45, 7) is 10.2. The van der Waals surface area contributed by atoms with Crippen LogP contribution in [0.5, 0.6) is 11.5 Å². The van der Waals surface area contributed by atoms with Crippen molar-refractivity contribution in [2.24, 2.45) is 17.3 Å². The first kappa shape index (κ1) is 40.9. The molecule has 59 heavy (non-hydrogen) atoms. The predicted octanol–water partition coefficient (Wildman–Crippen LogP) is 7.20. The Labute approximate surface area is 348 Å². The number of nitrogens with zero attached hydrogens (tertiary/aromatic N) is 4. The van der Waals surface area contributed by atoms with Crippen molar-refractivity contribution in [3.05, 3.63) is 103 Å². The summed E-state index contributed by atoms with van der Waals surface area (Å²) in [4.78, 5) is 36.6. The summed E-state index contributed by atoms with van der Waals surface area (Å²) in [6.07, 6.45) is 11.2. The highest BCUT2D eigenvalue weighted by Crippen LogP contribution is 2.48. The second-order valence-corrected chi connectivity index (χ2v) is 19.2. The number of hydrogen-bond donors (Lipinski definition) is 2. The van der Waals surface area contributed by atoms with Crippen LogP contribution in [-0.4, -0.2) is 92.0 Å². The van der Waals surface area contributed by atoms with E-state index in [0.29, 0.717) is 35.9 Å². The van der Waals surface area contributed by atoms with Crippen molar-refractivity contribution in [1.29, 1.82) is 0 Å². The number of aromatic amines is 1. The first-order valence-corrected chi connectivity index (χ1v) is 22.2. The summed E-state index contributed by atoms with van der Waals surface area (Å²) < 4.78 is 46.5. The van der Waals surface area contributed by atoms with Crippen LogP contribution in [0, 0.1) is 27.4 Å². The van der Waals surface area contributed by atoms with E-state index in [1.807, 2.05) is 6.07 Å². The molecule has 1 amide bonds. The monoisotopic (exact) mass is 844 g/mol. The molecule has 0 radical (unpaired) electrons. The molecule has 0 atom stereocenters. The van der Waals surface area contributed by atoms with E-state index >= 15 is 0 Å². The van der Waals surface area contributed by atoms with Crippen molar-refractivity contribution in [2.45, 2.75) is 64.2 Å². The lowest BCUT2D eigenvalue weighted by atomic mass is 9.66. The minimum atomic E-state index is -4.65. The summed E-state index contributed by atoms with van der Waals surface area (Å²) >= 11 is 6.42. The van der Waals surface area contributed by atoms with E-state index in [-0.39, 0.29) is 35.0 Å². The Morgan fingerprint density at radius 1 is 1.14 bits per heavy atom. The number of piperazine rings is 1. The quantitative estimate of drug-likeness (QED) is 0.0587. The second-order valence-electron chi connectivity index (χ2n) is 16.9. The van der Waals surface area contributed by atoms with Gasteiger partial charge in [-0.05, 0) is 97.9 Å². The van der Waals surface area contributed by atoms with Crippen LogP contribution in [0.25, 0.3) is 11.0 Å². The normalized spacial score (nSPS) is 22.6. The van der Waals surface area contributed by atoms with Gasteiger partial charge in [-0.3, -0.25) is 19.8 Å². The molecule has 2 saturated heterocycles. The number of carbonyl (C=O) groups excluding carboxylic acids is 1. The Morgan fingerprint density at radius 3 is 2.66 bits per heavy atom. The molecule has 3 aromatic rings. The average Bonchev–Trinajstić information content (AvgIpc) is 3.68. The Kier molecular flexibility index (Phi) is 11.8. The van der Waals surface area contributed by atoms with Gasteiger partial charge in [0.15, 0.2) is 0 Å². The fraction of sp³-hybridized carbons (Fsp3) is 0.488.